The molecule has 0 atom stereocenters. The molecule has 0 saturated carbocycles. The predicted molar refractivity (Wildman–Crippen MR) is 60.4 cm³/mol. The number of hydrogen-bond donors (Lipinski definition) is 0. The fourth-order valence-corrected chi connectivity index (χ4v) is 1.89. The number of hydrogen-bond acceptors (Lipinski definition) is 2. The van der Waals surface area contributed by atoms with Crippen molar-refractivity contribution in [3.8, 4) is 11.1 Å². The van der Waals surface area contributed by atoms with Gasteiger partial charge in [0.25, 0.3) is 0 Å². The zero-order chi connectivity index (χ0) is 10.8. The van der Waals surface area contributed by atoms with E-state index in [-0.39, 0.29) is 5.82 Å². The smallest absolute Gasteiger partial charge is 0.124 e. The second kappa shape index (κ2) is 4.06. The maximum Gasteiger partial charge on any atom is 0.124 e. The van der Waals surface area contributed by atoms with Gasteiger partial charge in [-0.15, -0.1) is 11.8 Å². The minimum atomic E-state index is -0.208. The molecule has 0 aliphatic carbocycles. The predicted octanol–water partition coefficient (Wildman–Crippen LogP) is 2.95. The summed E-state index contributed by atoms with van der Waals surface area (Å²) in [6.07, 6.45) is 5.54. The van der Waals surface area contributed by atoms with Crippen LogP contribution in [0.25, 0.3) is 11.1 Å². The van der Waals surface area contributed by atoms with Gasteiger partial charge in [0.15, 0.2) is 0 Å². The van der Waals surface area contributed by atoms with Crippen LogP contribution in [-0.4, -0.2) is 16.0 Å². The van der Waals surface area contributed by atoms with Gasteiger partial charge in [0.1, 0.15) is 5.82 Å². The van der Waals surface area contributed by atoms with E-state index in [2.05, 4.69) is 5.10 Å². The van der Waals surface area contributed by atoms with Gasteiger partial charge in [-0.3, -0.25) is 4.68 Å². The molecule has 1 heterocycles. The normalized spacial score (nSPS) is 10.6. The van der Waals surface area contributed by atoms with Crippen molar-refractivity contribution in [2.24, 2.45) is 7.05 Å². The van der Waals surface area contributed by atoms with Gasteiger partial charge >= 0.3 is 0 Å². The van der Waals surface area contributed by atoms with E-state index in [9.17, 15) is 4.39 Å². The zero-order valence-corrected chi connectivity index (χ0v) is 9.38. The highest BCUT2D eigenvalue weighted by molar-refractivity contribution is 7.98. The number of thioether (sulfide) groups is 1. The van der Waals surface area contributed by atoms with Crippen molar-refractivity contribution in [3.63, 3.8) is 0 Å². The SMILES string of the molecule is CSc1cc(F)cc(-c2cnn(C)c2)c1. The second-order valence-electron chi connectivity index (χ2n) is 3.28. The molecule has 0 spiro atoms. The fraction of sp³-hybridized carbons (Fsp3) is 0.182. The first-order valence-corrected chi connectivity index (χ1v) is 5.75. The number of halogens is 1. The molecular weight excluding hydrogens is 211 g/mol. The molecule has 0 unspecified atom stereocenters. The Hall–Kier alpha value is -1.29. The van der Waals surface area contributed by atoms with Crippen LogP contribution in [0.5, 0.6) is 0 Å². The molecule has 78 valence electrons. The van der Waals surface area contributed by atoms with E-state index in [1.807, 2.05) is 25.6 Å². The Morgan fingerprint density at radius 1 is 1.27 bits per heavy atom. The molecule has 2 aromatic rings. The first kappa shape index (κ1) is 10.2. The molecule has 0 fully saturated rings. The molecule has 0 radical (unpaired) electrons. The van der Waals surface area contributed by atoms with Crippen LogP contribution in [0.3, 0.4) is 0 Å². The third-order valence-electron chi connectivity index (χ3n) is 2.15. The number of benzene rings is 1. The van der Waals surface area contributed by atoms with Crippen molar-refractivity contribution in [2.45, 2.75) is 4.90 Å². The van der Waals surface area contributed by atoms with Gasteiger partial charge in [0.2, 0.25) is 0 Å². The van der Waals surface area contributed by atoms with Crippen molar-refractivity contribution in [1.82, 2.24) is 9.78 Å². The summed E-state index contributed by atoms with van der Waals surface area (Å²) in [5, 5.41) is 4.07. The molecule has 0 bridgehead atoms. The molecule has 0 aliphatic heterocycles. The maximum atomic E-state index is 13.3. The molecule has 15 heavy (non-hydrogen) atoms. The summed E-state index contributed by atoms with van der Waals surface area (Å²) in [6.45, 7) is 0. The first-order chi connectivity index (χ1) is 7.19. The Morgan fingerprint density at radius 2 is 2.07 bits per heavy atom. The van der Waals surface area contributed by atoms with Gasteiger partial charge in [0.05, 0.1) is 6.20 Å². The fourth-order valence-electron chi connectivity index (χ4n) is 1.42. The standard InChI is InChI=1S/C11H11FN2S/c1-14-7-9(6-13-14)8-3-10(12)5-11(4-8)15-2/h3-7H,1-2H3. The Bertz CT molecular complexity index is 479. The van der Waals surface area contributed by atoms with E-state index in [1.54, 1.807) is 10.9 Å². The lowest BCUT2D eigenvalue weighted by Crippen LogP contribution is -1.84. The summed E-state index contributed by atoms with van der Waals surface area (Å²) < 4.78 is 15.0. The molecule has 2 rings (SSSR count). The average Bonchev–Trinajstić information content (AvgIpc) is 2.64. The van der Waals surface area contributed by atoms with Gasteiger partial charge in [-0.05, 0) is 30.0 Å². The van der Waals surface area contributed by atoms with Crippen LogP contribution in [0.1, 0.15) is 0 Å². The van der Waals surface area contributed by atoms with Crippen LogP contribution < -0.4 is 0 Å². The second-order valence-corrected chi connectivity index (χ2v) is 4.16. The Balaban J connectivity index is 2.48. The number of rotatable bonds is 2. The summed E-state index contributed by atoms with van der Waals surface area (Å²) in [7, 11) is 1.85. The highest BCUT2D eigenvalue weighted by Crippen LogP contribution is 2.25. The third-order valence-corrected chi connectivity index (χ3v) is 2.85. The van der Waals surface area contributed by atoms with E-state index in [0.717, 1.165) is 16.0 Å². The largest absolute Gasteiger partial charge is 0.275 e. The molecule has 0 N–H and O–H groups in total. The Kier molecular flexibility index (Phi) is 2.77. The molecule has 4 heteroatoms. The minimum Gasteiger partial charge on any atom is -0.275 e. The molecule has 0 aliphatic rings. The Morgan fingerprint density at radius 3 is 2.67 bits per heavy atom. The van der Waals surface area contributed by atoms with Crippen LogP contribution in [0.4, 0.5) is 4.39 Å². The lowest BCUT2D eigenvalue weighted by atomic mass is 10.1. The highest BCUT2D eigenvalue weighted by Gasteiger charge is 2.04. The molecule has 0 saturated heterocycles. The van der Waals surface area contributed by atoms with E-state index in [0.29, 0.717) is 0 Å². The summed E-state index contributed by atoms with van der Waals surface area (Å²) in [6, 6.07) is 5.02. The van der Waals surface area contributed by atoms with Crippen LogP contribution in [0, 0.1) is 5.82 Å². The minimum absolute atomic E-state index is 0.208. The van der Waals surface area contributed by atoms with Crippen molar-refractivity contribution >= 4 is 11.8 Å². The lowest BCUT2D eigenvalue weighted by molar-refractivity contribution is 0.625. The van der Waals surface area contributed by atoms with E-state index in [4.69, 9.17) is 0 Å². The third kappa shape index (κ3) is 2.21. The van der Waals surface area contributed by atoms with Crippen LogP contribution in [-0.2, 0) is 7.05 Å². The Labute approximate surface area is 92.1 Å². The molecule has 2 nitrogen and oxygen atoms in total. The number of aryl methyl sites for hydroxylation is 1. The summed E-state index contributed by atoms with van der Waals surface area (Å²) >= 11 is 1.53. The summed E-state index contributed by atoms with van der Waals surface area (Å²) in [5.41, 5.74) is 1.81. The van der Waals surface area contributed by atoms with E-state index < -0.39 is 0 Å². The molecule has 0 amide bonds. The summed E-state index contributed by atoms with van der Waals surface area (Å²) in [5.74, 6) is -0.208. The number of nitrogens with zero attached hydrogens (tertiary/aromatic N) is 2. The van der Waals surface area contributed by atoms with Crippen molar-refractivity contribution < 1.29 is 4.39 Å². The van der Waals surface area contributed by atoms with Gasteiger partial charge in [-0.25, -0.2) is 4.39 Å². The molecular formula is C11H11FN2S. The zero-order valence-electron chi connectivity index (χ0n) is 8.57. The van der Waals surface area contributed by atoms with Gasteiger partial charge in [0, 0.05) is 23.7 Å². The van der Waals surface area contributed by atoms with E-state index in [1.165, 1.54) is 23.9 Å². The topological polar surface area (TPSA) is 17.8 Å². The lowest BCUT2D eigenvalue weighted by Gasteiger charge is -2.01. The van der Waals surface area contributed by atoms with Crippen molar-refractivity contribution in [1.29, 1.82) is 0 Å². The van der Waals surface area contributed by atoms with Crippen molar-refractivity contribution in [2.75, 3.05) is 6.26 Å². The average molecular weight is 222 g/mol. The van der Waals surface area contributed by atoms with Crippen molar-refractivity contribution in [3.05, 3.63) is 36.4 Å². The molecule has 1 aromatic carbocycles. The van der Waals surface area contributed by atoms with Crippen LogP contribution >= 0.6 is 11.8 Å². The highest BCUT2D eigenvalue weighted by atomic mass is 32.2. The quantitative estimate of drug-likeness (QED) is 0.727. The van der Waals surface area contributed by atoms with E-state index >= 15 is 0 Å². The van der Waals surface area contributed by atoms with Gasteiger partial charge in [-0.2, -0.15) is 5.10 Å². The summed E-state index contributed by atoms with van der Waals surface area (Å²) in [4.78, 5) is 0.925. The van der Waals surface area contributed by atoms with Gasteiger partial charge in [-0.1, -0.05) is 0 Å². The molecule has 1 aromatic heterocycles. The van der Waals surface area contributed by atoms with Crippen LogP contribution in [0.2, 0.25) is 0 Å². The maximum absolute atomic E-state index is 13.3. The number of aromatic nitrogens is 2. The monoisotopic (exact) mass is 222 g/mol. The first-order valence-electron chi connectivity index (χ1n) is 4.52. The van der Waals surface area contributed by atoms with Gasteiger partial charge < -0.3 is 0 Å². The van der Waals surface area contributed by atoms with Crippen LogP contribution in [0.15, 0.2) is 35.5 Å².